The third-order valence-electron chi connectivity index (χ3n) is 2.57. The maximum atomic E-state index is 10.9. The molecule has 5 nitrogen and oxygen atoms in total. The fourth-order valence-electron chi connectivity index (χ4n) is 1.13. The van der Waals surface area contributed by atoms with E-state index in [0.29, 0.717) is 18.3 Å². The molecule has 0 aromatic carbocycles. The lowest BCUT2D eigenvalue weighted by molar-refractivity contribution is -0.146. The summed E-state index contributed by atoms with van der Waals surface area (Å²) in [6.45, 7) is 7.74. The van der Waals surface area contributed by atoms with Crippen molar-refractivity contribution in [3.8, 4) is 0 Å². The monoisotopic (exact) mass is 237 g/mol. The number of rotatable bonds is 5. The van der Waals surface area contributed by atoms with Crippen LogP contribution >= 0.6 is 0 Å². The molecule has 1 heterocycles. The van der Waals surface area contributed by atoms with Gasteiger partial charge in [-0.25, -0.2) is 0 Å². The van der Waals surface area contributed by atoms with Crippen molar-refractivity contribution in [3.05, 3.63) is 17.8 Å². The number of hydrogen-bond acceptors (Lipinski definition) is 4. The zero-order chi connectivity index (χ0) is 13.1. The van der Waals surface area contributed by atoms with Crippen LogP contribution in [0.1, 0.15) is 39.3 Å². The molecule has 1 rings (SSSR count). The molecule has 0 saturated carbocycles. The summed E-state index contributed by atoms with van der Waals surface area (Å²) >= 11 is 0. The van der Waals surface area contributed by atoms with Gasteiger partial charge in [-0.3, -0.25) is 4.79 Å². The number of carboxylic acid groups (broad SMARTS) is 1. The molecule has 0 bridgehead atoms. The van der Waals surface area contributed by atoms with Crippen LogP contribution in [-0.2, 0) is 4.79 Å². The summed E-state index contributed by atoms with van der Waals surface area (Å²) in [5.74, 6) is 0.104. The summed E-state index contributed by atoms with van der Waals surface area (Å²) in [5, 5.41) is 20.0. The summed E-state index contributed by atoms with van der Waals surface area (Å²) in [5.41, 5.74) is 0.103. The van der Waals surface area contributed by atoms with Gasteiger partial charge in [-0.05, 0) is 31.9 Å². The lowest BCUT2D eigenvalue weighted by Gasteiger charge is -2.19. The Bertz CT molecular complexity index is 385. The molecule has 0 aliphatic carbocycles. The van der Waals surface area contributed by atoms with Gasteiger partial charge in [0, 0.05) is 6.54 Å². The fraction of sp³-hybridized carbons (Fsp3) is 0.583. The van der Waals surface area contributed by atoms with E-state index in [-0.39, 0.29) is 0 Å². The van der Waals surface area contributed by atoms with E-state index in [9.17, 15) is 4.79 Å². The quantitative estimate of drug-likeness (QED) is 0.820. The van der Waals surface area contributed by atoms with Crippen molar-refractivity contribution in [2.45, 2.75) is 33.6 Å². The molecule has 0 saturated heterocycles. The highest BCUT2D eigenvalue weighted by Crippen LogP contribution is 2.16. The van der Waals surface area contributed by atoms with Gasteiger partial charge in [0.05, 0.1) is 11.1 Å². The van der Waals surface area contributed by atoms with Gasteiger partial charge in [-0.15, -0.1) is 5.10 Å². The third kappa shape index (κ3) is 3.69. The smallest absolute Gasteiger partial charge is 0.310 e. The number of aliphatic carboxylic acids is 1. The Morgan fingerprint density at radius 1 is 1.41 bits per heavy atom. The molecule has 0 amide bonds. The van der Waals surface area contributed by atoms with Crippen LogP contribution < -0.4 is 5.32 Å². The number of anilines is 1. The van der Waals surface area contributed by atoms with E-state index >= 15 is 0 Å². The van der Waals surface area contributed by atoms with E-state index in [1.807, 2.05) is 26.0 Å². The van der Waals surface area contributed by atoms with Gasteiger partial charge in [-0.1, -0.05) is 13.8 Å². The fourth-order valence-corrected chi connectivity index (χ4v) is 1.13. The molecule has 0 fully saturated rings. The first-order valence-corrected chi connectivity index (χ1v) is 5.64. The van der Waals surface area contributed by atoms with Crippen LogP contribution in [0.4, 0.5) is 5.82 Å². The minimum absolute atomic E-state index is 0.317. The van der Waals surface area contributed by atoms with Crippen LogP contribution in [0.3, 0.4) is 0 Å². The van der Waals surface area contributed by atoms with Crippen molar-refractivity contribution in [2.24, 2.45) is 5.41 Å². The zero-order valence-corrected chi connectivity index (χ0v) is 10.7. The Hall–Kier alpha value is -1.65. The van der Waals surface area contributed by atoms with Gasteiger partial charge in [0.2, 0.25) is 0 Å². The first-order chi connectivity index (χ1) is 7.83. The number of carbonyl (C=O) groups is 1. The van der Waals surface area contributed by atoms with Crippen molar-refractivity contribution < 1.29 is 9.90 Å². The summed E-state index contributed by atoms with van der Waals surface area (Å²) in [4.78, 5) is 10.9. The minimum Gasteiger partial charge on any atom is -0.481 e. The summed E-state index contributed by atoms with van der Waals surface area (Å²) in [7, 11) is 0. The molecular formula is C12H19N3O2. The second-order valence-corrected chi connectivity index (χ2v) is 5.04. The van der Waals surface area contributed by atoms with Crippen molar-refractivity contribution in [1.82, 2.24) is 10.2 Å². The van der Waals surface area contributed by atoms with E-state index in [1.165, 1.54) is 0 Å². The molecule has 0 unspecified atom stereocenters. The first-order valence-electron chi connectivity index (χ1n) is 5.64. The zero-order valence-electron chi connectivity index (χ0n) is 10.7. The van der Waals surface area contributed by atoms with Gasteiger partial charge < -0.3 is 10.4 Å². The van der Waals surface area contributed by atoms with Crippen LogP contribution in [-0.4, -0.2) is 27.8 Å². The van der Waals surface area contributed by atoms with E-state index in [1.54, 1.807) is 13.8 Å². The molecule has 0 aliphatic heterocycles. The maximum absolute atomic E-state index is 10.9. The minimum atomic E-state index is -0.836. The normalized spacial score (nSPS) is 11.6. The topological polar surface area (TPSA) is 75.1 Å². The number of nitrogens with one attached hydrogen (secondary N) is 1. The number of aromatic nitrogens is 2. The summed E-state index contributed by atoms with van der Waals surface area (Å²) in [6, 6.07) is 3.72. The summed E-state index contributed by atoms with van der Waals surface area (Å²) in [6.07, 6.45) is 0. The third-order valence-corrected chi connectivity index (χ3v) is 2.57. The van der Waals surface area contributed by atoms with Gasteiger partial charge in [0.15, 0.2) is 0 Å². The first kappa shape index (κ1) is 13.4. The molecule has 0 spiro atoms. The van der Waals surface area contributed by atoms with E-state index in [4.69, 9.17) is 5.11 Å². The highest BCUT2D eigenvalue weighted by Gasteiger charge is 2.26. The lowest BCUT2D eigenvalue weighted by atomic mass is 9.94. The largest absolute Gasteiger partial charge is 0.481 e. The predicted octanol–water partition coefficient (Wildman–Crippen LogP) is 2.12. The van der Waals surface area contributed by atoms with Gasteiger partial charge in [-0.2, -0.15) is 5.10 Å². The lowest BCUT2D eigenvalue weighted by Crippen LogP contribution is -2.32. The molecule has 1 aromatic heterocycles. The SMILES string of the molecule is CC(C)c1ccc(NCC(C)(C)C(=O)O)nn1. The molecular weight excluding hydrogens is 218 g/mol. The van der Waals surface area contributed by atoms with Crippen molar-refractivity contribution >= 4 is 11.8 Å². The van der Waals surface area contributed by atoms with Crippen molar-refractivity contribution in [1.29, 1.82) is 0 Å². The Balaban J connectivity index is 2.62. The Morgan fingerprint density at radius 2 is 2.06 bits per heavy atom. The molecule has 2 N–H and O–H groups in total. The van der Waals surface area contributed by atoms with E-state index in [2.05, 4.69) is 15.5 Å². The van der Waals surface area contributed by atoms with Crippen molar-refractivity contribution in [3.63, 3.8) is 0 Å². The second kappa shape index (κ2) is 5.12. The standard InChI is InChI=1S/C12H19N3O2/c1-8(2)9-5-6-10(15-14-9)13-7-12(3,4)11(16)17/h5-6,8H,7H2,1-4H3,(H,13,15)(H,16,17). The van der Waals surface area contributed by atoms with Crippen LogP contribution in [0, 0.1) is 5.41 Å². The van der Waals surface area contributed by atoms with E-state index < -0.39 is 11.4 Å². The highest BCUT2D eigenvalue weighted by atomic mass is 16.4. The molecule has 0 aliphatic rings. The van der Waals surface area contributed by atoms with Crippen LogP contribution in [0.15, 0.2) is 12.1 Å². The molecule has 0 radical (unpaired) electrons. The van der Waals surface area contributed by atoms with Gasteiger partial charge >= 0.3 is 5.97 Å². The van der Waals surface area contributed by atoms with Gasteiger partial charge in [0.25, 0.3) is 0 Å². The van der Waals surface area contributed by atoms with Crippen LogP contribution in [0.25, 0.3) is 0 Å². The molecule has 0 atom stereocenters. The number of carboxylic acids is 1. The summed E-state index contributed by atoms with van der Waals surface area (Å²) < 4.78 is 0. The second-order valence-electron chi connectivity index (χ2n) is 5.04. The average molecular weight is 237 g/mol. The van der Waals surface area contributed by atoms with Crippen molar-refractivity contribution in [2.75, 3.05) is 11.9 Å². The Labute approximate surface area is 101 Å². The van der Waals surface area contributed by atoms with E-state index in [0.717, 1.165) is 5.69 Å². The molecule has 5 heteroatoms. The predicted molar refractivity (Wildman–Crippen MR) is 66.0 cm³/mol. The average Bonchev–Trinajstić information content (AvgIpc) is 2.27. The van der Waals surface area contributed by atoms with Crippen LogP contribution in [0.5, 0.6) is 0 Å². The number of nitrogens with zero attached hydrogens (tertiary/aromatic N) is 2. The molecule has 1 aromatic rings. The highest BCUT2D eigenvalue weighted by molar-refractivity contribution is 5.74. The maximum Gasteiger partial charge on any atom is 0.310 e. The number of hydrogen-bond donors (Lipinski definition) is 2. The molecule has 94 valence electrons. The van der Waals surface area contributed by atoms with Crippen LogP contribution in [0.2, 0.25) is 0 Å². The molecule has 17 heavy (non-hydrogen) atoms. The Kier molecular flexibility index (Phi) is 4.04. The Morgan fingerprint density at radius 3 is 2.47 bits per heavy atom. The van der Waals surface area contributed by atoms with Gasteiger partial charge in [0.1, 0.15) is 5.82 Å².